The number of pyridine rings is 1. The number of hydrogen-bond acceptors (Lipinski definition) is 6. The van der Waals surface area contributed by atoms with Gasteiger partial charge in [-0.25, -0.2) is 14.0 Å². The van der Waals surface area contributed by atoms with E-state index in [-0.39, 0.29) is 29.8 Å². The van der Waals surface area contributed by atoms with E-state index in [2.05, 4.69) is 25.1 Å². The van der Waals surface area contributed by atoms with Gasteiger partial charge in [0.2, 0.25) is 0 Å². The molecule has 188 valence electrons. The highest BCUT2D eigenvalue weighted by molar-refractivity contribution is 5.92. The Hall–Kier alpha value is -4.35. The summed E-state index contributed by atoms with van der Waals surface area (Å²) in [5.41, 5.74) is -0.448. The lowest BCUT2D eigenvalue weighted by molar-refractivity contribution is -0.275. The van der Waals surface area contributed by atoms with Crippen molar-refractivity contribution < 1.29 is 41.4 Å². The second-order valence-corrected chi connectivity index (χ2v) is 7.69. The van der Waals surface area contributed by atoms with Crippen LogP contribution < -0.4 is 20.1 Å². The minimum atomic E-state index is -5.07. The van der Waals surface area contributed by atoms with E-state index in [1.165, 1.54) is 43.6 Å². The molecule has 8 nitrogen and oxygen atoms in total. The number of nitrogens with zero attached hydrogens (tertiary/aromatic N) is 1. The summed E-state index contributed by atoms with van der Waals surface area (Å²) in [6, 6.07) is 11.3. The largest absolute Gasteiger partial charge is 0.573 e. The molecular weight excluding hydrogens is 486 g/mol. The highest BCUT2D eigenvalue weighted by atomic mass is 19.4. The number of alkyl halides is 3. The van der Waals surface area contributed by atoms with Crippen LogP contribution in [0.2, 0.25) is 0 Å². The fourth-order valence-electron chi connectivity index (χ4n) is 3.87. The number of ether oxygens (including phenoxy) is 3. The van der Waals surface area contributed by atoms with Crippen LogP contribution >= 0.6 is 0 Å². The van der Waals surface area contributed by atoms with Gasteiger partial charge < -0.3 is 24.8 Å². The summed E-state index contributed by atoms with van der Waals surface area (Å²) in [6.45, 7) is 0.106. The molecule has 0 spiro atoms. The third-order valence-electron chi connectivity index (χ3n) is 5.45. The topological polar surface area (TPSA) is 98.8 Å². The van der Waals surface area contributed by atoms with Gasteiger partial charge in [0.05, 0.1) is 19.3 Å². The Morgan fingerprint density at radius 3 is 2.53 bits per heavy atom. The quantitative estimate of drug-likeness (QED) is 0.384. The van der Waals surface area contributed by atoms with Crippen LogP contribution in [0.5, 0.6) is 11.5 Å². The van der Waals surface area contributed by atoms with Gasteiger partial charge in [-0.15, -0.1) is 13.2 Å². The van der Waals surface area contributed by atoms with E-state index >= 15 is 0 Å². The Bertz CT molecular complexity index is 1280. The highest BCUT2D eigenvalue weighted by Gasteiger charge is 2.43. The second kappa shape index (κ2) is 9.72. The van der Waals surface area contributed by atoms with Crippen molar-refractivity contribution in [2.45, 2.75) is 18.3 Å². The van der Waals surface area contributed by atoms with E-state index < -0.39 is 35.5 Å². The molecule has 0 bridgehead atoms. The highest BCUT2D eigenvalue weighted by Crippen LogP contribution is 2.41. The average molecular weight is 505 g/mol. The van der Waals surface area contributed by atoms with Crippen molar-refractivity contribution in [1.29, 1.82) is 0 Å². The van der Waals surface area contributed by atoms with Crippen LogP contribution in [-0.2, 0) is 10.3 Å². The molecule has 0 radical (unpaired) electrons. The van der Waals surface area contributed by atoms with E-state index in [0.29, 0.717) is 11.4 Å². The summed E-state index contributed by atoms with van der Waals surface area (Å²) < 4.78 is 66.5. The molecule has 2 N–H and O–H groups in total. The number of halogens is 4. The van der Waals surface area contributed by atoms with Crippen LogP contribution in [0.15, 0.2) is 60.8 Å². The van der Waals surface area contributed by atoms with Crippen molar-refractivity contribution >= 4 is 17.7 Å². The molecule has 1 aliphatic heterocycles. The van der Waals surface area contributed by atoms with Crippen LogP contribution in [0.1, 0.15) is 28.0 Å². The molecule has 2 aromatic carbocycles. The van der Waals surface area contributed by atoms with Gasteiger partial charge in [0.1, 0.15) is 17.0 Å². The molecule has 36 heavy (non-hydrogen) atoms. The zero-order chi connectivity index (χ0) is 25.9. The molecule has 1 aromatic heterocycles. The Kier molecular flexibility index (Phi) is 6.69. The maximum absolute atomic E-state index is 14.7. The lowest BCUT2D eigenvalue weighted by Gasteiger charge is -2.39. The smallest absolute Gasteiger partial charge is 0.491 e. The Balaban J connectivity index is 1.68. The summed E-state index contributed by atoms with van der Waals surface area (Å²) in [5, 5.41) is 5.40. The van der Waals surface area contributed by atoms with Crippen molar-refractivity contribution in [1.82, 2.24) is 10.3 Å². The lowest BCUT2D eigenvalue weighted by Crippen LogP contribution is -2.51. The fraction of sp³-hybridized carbons (Fsp3) is 0.208. The molecule has 4 rings (SSSR count). The Labute approximate surface area is 202 Å². The number of rotatable bonds is 5. The van der Waals surface area contributed by atoms with E-state index in [0.717, 1.165) is 12.1 Å². The first-order valence-electron chi connectivity index (χ1n) is 10.5. The maximum atomic E-state index is 14.7. The molecule has 0 fully saturated rings. The zero-order valence-electron chi connectivity index (χ0n) is 18.7. The van der Waals surface area contributed by atoms with E-state index in [9.17, 15) is 27.2 Å². The van der Waals surface area contributed by atoms with Crippen LogP contribution in [0.3, 0.4) is 0 Å². The normalized spacial score (nSPS) is 16.8. The van der Waals surface area contributed by atoms with Crippen molar-refractivity contribution in [2.24, 2.45) is 0 Å². The van der Waals surface area contributed by atoms with Crippen LogP contribution in [0, 0.1) is 5.82 Å². The number of fused-ring (bicyclic) bond motifs is 1. The van der Waals surface area contributed by atoms with Gasteiger partial charge in [-0.3, -0.25) is 4.98 Å². The predicted octanol–water partition coefficient (Wildman–Crippen LogP) is 4.75. The molecule has 12 heteroatoms. The Morgan fingerprint density at radius 2 is 1.86 bits per heavy atom. The molecule has 2 heterocycles. The molecule has 2 amide bonds. The molecule has 0 saturated heterocycles. The number of methoxy groups -OCH3 is 1. The minimum absolute atomic E-state index is 0.102. The van der Waals surface area contributed by atoms with Crippen molar-refractivity contribution in [2.75, 3.05) is 19.0 Å². The number of carbonyl (C=O) groups excluding carboxylic acids is 2. The number of nitrogens with one attached hydrogen (secondary N) is 2. The number of hydrogen-bond donors (Lipinski definition) is 2. The first-order chi connectivity index (χ1) is 17.1. The van der Waals surface area contributed by atoms with Gasteiger partial charge in [0.25, 0.3) is 0 Å². The summed E-state index contributed by atoms with van der Waals surface area (Å²) >= 11 is 0. The van der Waals surface area contributed by atoms with Gasteiger partial charge in [-0.2, -0.15) is 0 Å². The zero-order valence-corrected chi connectivity index (χ0v) is 18.7. The van der Waals surface area contributed by atoms with Gasteiger partial charge in [-0.05, 0) is 54.1 Å². The SMILES string of the molecule is COC(=O)c1ccc(NC(=O)N[C@]2(c3ccc(OC(F)(F)F)c(F)c3)CCOc3cccnc32)cc1. The predicted molar refractivity (Wildman–Crippen MR) is 118 cm³/mol. The number of carbonyl (C=O) groups is 2. The van der Waals surface area contributed by atoms with Gasteiger partial charge in [-0.1, -0.05) is 6.07 Å². The second-order valence-electron chi connectivity index (χ2n) is 7.69. The van der Waals surface area contributed by atoms with E-state index in [4.69, 9.17) is 4.74 Å². The molecule has 3 aromatic rings. The number of esters is 1. The number of urea groups is 1. The number of anilines is 1. The average Bonchev–Trinajstić information content (AvgIpc) is 2.84. The van der Waals surface area contributed by atoms with Crippen LogP contribution in [-0.4, -0.2) is 37.1 Å². The minimum Gasteiger partial charge on any atom is -0.491 e. The van der Waals surface area contributed by atoms with Crippen molar-refractivity contribution in [3.63, 3.8) is 0 Å². The van der Waals surface area contributed by atoms with E-state index in [1.54, 1.807) is 12.1 Å². The molecule has 1 atom stereocenters. The molecular formula is C24H19F4N3O5. The molecule has 0 aliphatic carbocycles. The first-order valence-corrected chi connectivity index (χ1v) is 10.5. The maximum Gasteiger partial charge on any atom is 0.573 e. The molecule has 1 aliphatic rings. The third kappa shape index (κ3) is 5.16. The summed E-state index contributed by atoms with van der Waals surface area (Å²) in [4.78, 5) is 29.0. The standard InChI is InChI=1S/C24H19F4N3O5/c1-34-21(32)14-4-7-16(8-5-14)30-22(33)31-23(10-12-35-19-3-2-11-29-20(19)23)15-6-9-18(17(25)13-15)36-24(26,27)28/h2-9,11,13H,10,12H2,1H3,(H2,30,31,33)/t23-/m0/s1. The summed E-state index contributed by atoms with van der Waals surface area (Å²) in [7, 11) is 1.24. The first kappa shape index (κ1) is 24.8. The van der Waals surface area contributed by atoms with Crippen LogP contribution in [0.4, 0.5) is 28.0 Å². The lowest BCUT2D eigenvalue weighted by atomic mass is 9.81. The monoisotopic (exact) mass is 505 g/mol. The number of aromatic nitrogens is 1. The number of benzene rings is 2. The van der Waals surface area contributed by atoms with E-state index in [1.807, 2.05) is 0 Å². The molecule has 0 unspecified atom stereocenters. The fourth-order valence-corrected chi connectivity index (χ4v) is 3.87. The van der Waals surface area contributed by atoms with Gasteiger partial charge in [0, 0.05) is 18.3 Å². The van der Waals surface area contributed by atoms with Crippen molar-refractivity contribution in [3.8, 4) is 11.5 Å². The van der Waals surface area contributed by atoms with Gasteiger partial charge in [0.15, 0.2) is 11.6 Å². The Morgan fingerprint density at radius 1 is 1.11 bits per heavy atom. The van der Waals surface area contributed by atoms with Crippen LogP contribution in [0.25, 0.3) is 0 Å². The van der Waals surface area contributed by atoms with Crippen molar-refractivity contribution in [3.05, 3.63) is 83.4 Å². The third-order valence-corrected chi connectivity index (χ3v) is 5.45. The summed E-state index contributed by atoms with van der Waals surface area (Å²) in [6.07, 6.45) is -3.52. The number of amides is 2. The summed E-state index contributed by atoms with van der Waals surface area (Å²) in [5.74, 6) is -2.50. The molecule has 0 saturated carbocycles. The van der Waals surface area contributed by atoms with Gasteiger partial charge >= 0.3 is 18.4 Å².